The minimum absolute atomic E-state index is 0.142. The molecule has 3 N–H and O–H groups in total. The number of hydrogen-bond donors (Lipinski definition) is 3. The van der Waals surface area contributed by atoms with Gasteiger partial charge in [-0.25, -0.2) is 4.39 Å². The SMILES string of the molecule is CC(C)C1(O)C(=O)C(O)(c2ccccc2F)C2(c3ccccc3)C(=O)C12C(=O)Nc1ccccc1. The van der Waals surface area contributed by atoms with Gasteiger partial charge in [-0.15, -0.1) is 0 Å². The van der Waals surface area contributed by atoms with Crippen molar-refractivity contribution in [3.63, 3.8) is 0 Å². The summed E-state index contributed by atoms with van der Waals surface area (Å²) in [5.41, 5.74) is -10.1. The highest BCUT2D eigenvalue weighted by atomic mass is 19.1. The fourth-order valence-electron chi connectivity index (χ4n) is 6.10. The van der Waals surface area contributed by atoms with Crippen LogP contribution < -0.4 is 5.32 Å². The van der Waals surface area contributed by atoms with Crippen LogP contribution in [0, 0.1) is 17.2 Å². The molecule has 4 atom stereocenters. The number of amides is 1. The Morgan fingerprint density at radius 3 is 1.94 bits per heavy atom. The van der Waals surface area contributed by atoms with Crippen LogP contribution in [-0.2, 0) is 25.4 Å². The van der Waals surface area contributed by atoms with Crippen molar-refractivity contribution in [2.45, 2.75) is 30.5 Å². The summed E-state index contributed by atoms with van der Waals surface area (Å²) in [6, 6.07) is 21.2. The Morgan fingerprint density at radius 2 is 1.37 bits per heavy atom. The molecule has 178 valence electrons. The number of para-hydroxylation sites is 1. The number of anilines is 1. The molecule has 0 aliphatic heterocycles. The zero-order chi connectivity index (χ0) is 25.2. The third-order valence-corrected chi connectivity index (χ3v) is 7.65. The molecule has 1 amide bonds. The van der Waals surface area contributed by atoms with E-state index in [1.54, 1.807) is 48.5 Å². The normalized spacial score (nSPS) is 31.4. The van der Waals surface area contributed by atoms with Gasteiger partial charge in [0.05, 0.1) is 0 Å². The van der Waals surface area contributed by atoms with Crippen LogP contribution >= 0.6 is 0 Å². The van der Waals surface area contributed by atoms with E-state index in [2.05, 4.69) is 5.32 Å². The molecular weight excluding hydrogens is 449 g/mol. The summed E-state index contributed by atoms with van der Waals surface area (Å²) in [5, 5.41) is 26.9. The molecule has 2 aliphatic carbocycles. The summed E-state index contributed by atoms with van der Waals surface area (Å²) in [6.45, 7) is 2.98. The summed E-state index contributed by atoms with van der Waals surface area (Å²) >= 11 is 0. The van der Waals surface area contributed by atoms with E-state index in [0.29, 0.717) is 5.69 Å². The zero-order valence-electron chi connectivity index (χ0n) is 19.2. The van der Waals surface area contributed by atoms with Gasteiger partial charge >= 0.3 is 0 Å². The monoisotopic (exact) mass is 473 g/mol. The molecule has 2 fully saturated rings. The fraction of sp³-hybridized carbons (Fsp3) is 0.250. The molecule has 0 spiro atoms. The Hall–Kier alpha value is -3.68. The van der Waals surface area contributed by atoms with Gasteiger partial charge in [0, 0.05) is 11.3 Å². The van der Waals surface area contributed by atoms with Crippen molar-refractivity contribution in [2.75, 3.05) is 5.32 Å². The number of carbonyl (C=O) groups is 3. The van der Waals surface area contributed by atoms with Gasteiger partial charge in [-0.1, -0.05) is 80.6 Å². The van der Waals surface area contributed by atoms with Crippen LogP contribution in [0.3, 0.4) is 0 Å². The first-order valence-corrected chi connectivity index (χ1v) is 11.3. The number of rotatable bonds is 5. The van der Waals surface area contributed by atoms with Crippen molar-refractivity contribution in [1.29, 1.82) is 0 Å². The van der Waals surface area contributed by atoms with E-state index in [4.69, 9.17) is 0 Å². The summed E-state index contributed by atoms with van der Waals surface area (Å²) in [6.07, 6.45) is 0. The summed E-state index contributed by atoms with van der Waals surface area (Å²) in [4.78, 5) is 42.1. The van der Waals surface area contributed by atoms with Gasteiger partial charge in [-0.2, -0.15) is 0 Å². The van der Waals surface area contributed by atoms with E-state index < -0.39 is 56.8 Å². The van der Waals surface area contributed by atoms with E-state index >= 15 is 4.39 Å². The molecule has 0 radical (unpaired) electrons. The number of hydrogen-bond acceptors (Lipinski definition) is 5. The molecule has 5 rings (SSSR count). The van der Waals surface area contributed by atoms with Crippen molar-refractivity contribution in [1.82, 2.24) is 0 Å². The van der Waals surface area contributed by atoms with Gasteiger partial charge in [0.1, 0.15) is 11.2 Å². The Labute approximate surface area is 201 Å². The largest absolute Gasteiger partial charge is 0.380 e. The van der Waals surface area contributed by atoms with Gasteiger partial charge in [0.2, 0.25) is 11.7 Å². The third kappa shape index (κ3) is 2.42. The smallest absolute Gasteiger partial charge is 0.243 e. The zero-order valence-corrected chi connectivity index (χ0v) is 19.2. The maximum absolute atomic E-state index is 15.2. The molecule has 7 heteroatoms. The molecule has 6 nitrogen and oxygen atoms in total. The van der Waals surface area contributed by atoms with E-state index in [1.807, 2.05) is 0 Å². The number of nitrogens with one attached hydrogen (secondary N) is 1. The molecule has 35 heavy (non-hydrogen) atoms. The van der Waals surface area contributed by atoms with Crippen molar-refractivity contribution >= 4 is 23.2 Å². The lowest BCUT2D eigenvalue weighted by Gasteiger charge is -2.35. The Kier molecular flexibility index (Phi) is 4.88. The highest BCUT2D eigenvalue weighted by molar-refractivity contribution is 6.40. The lowest BCUT2D eigenvalue weighted by atomic mass is 9.72. The highest BCUT2D eigenvalue weighted by Crippen LogP contribution is 2.80. The first kappa shape index (κ1) is 23.1. The van der Waals surface area contributed by atoms with Gasteiger partial charge in [-0.3, -0.25) is 14.4 Å². The van der Waals surface area contributed by atoms with Crippen LogP contribution in [0.2, 0.25) is 0 Å². The minimum Gasteiger partial charge on any atom is -0.380 e. The van der Waals surface area contributed by atoms with Gasteiger partial charge in [0.25, 0.3) is 0 Å². The van der Waals surface area contributed by atoms with Crippen LogP contribution in [0.5, 0.6) is 0 Å². The van der Waals surface area contributed by atoms with Crippen molar-refractivity contribution < 1.29 is 29.0 Å². The minimum atomic E-state index is -2.83. The number of halogens is 1. The topological polar surface area (TPSA) is 104 Å². The van der Waals surface area contributed by atoms with Crippen LogP contribution in [0.4, 0.5) is 10.1 Å². The second-order valence-electron chi connectivity index (χ2n) is 9.46. The predicted molar refractivity (Wildman–Crippen MR) is 126 cm³/mol. The molecule has 2 saturated carbocycles. The molecule has 3 aromatic rings. The quantitative estimate of drug-likeness (QED) is 0.494. The fourth-order valence-corrected chi connectivity index (χ4v) is 6.10. The number of ketones is 2. The van der Waals surface area contributed by atoms with Crippen molar-refractivity contribution in [2.24, 2.45) is 11.3 Å². The maximum Gasteiger partial charge on any atom is 0.243 e. The van der Waals surface area contributed by atoms with E-state index in [0.717, 1.165) is 6.07 Å². The van der Waals surface area contributed by atoms with Crippen molar-refractivity contribution in [3.8, 4) is 0 Å². The molecule has 4 unspecified atom stereocenters. The average Bonchev–Trinajstić information content (AvgIpc) is 3.41. The summed E-state index contributed by atoms with van der Waals surface area (Å²) in [5.74, 6) is -4.85. The number of carbonyl (C=O) groups excluding carboxylic acids is 3. The second-order valence-corrected chi connectivity index (χ2v) is 9.46. The molecule has 0 heterocycles. The second kappa shape index (κ2) is 7.41. The van der Waals surface area contributed by atoms with E-state index in [9.17, 15) is 24.6 Å². The van der Waals surface area contributed by atoms with E-state index in [1.165, 1.54) is 44.2 Å². The molecule has 0 bridgehead atoms. The molecule has 0 aromatic heterocycles. The summed E-state index contributed by atoms with van der Waals surface area (Å²) in [7, 11) is 0. The number of aliphatic hydroxyl groups is 2. The Balaban J connectivity index is 1.86. The van der Waals surface area contributed by atoms with Gasteiger partial charge in [0.15, 0.2) is 22.4 Å². The van der Waals surface area contributed by atoms with Gasteiger partial charge < -0.3 is 15.5 Å². The highest BCUT2D eigenvalue weighted by Gasteiger charge is 3.03. The van der Waals surface area contributed by atoms with Crippen LogP contribution in [0.15, 0.2) is 84.9 Å². The molecule has 2 aliphatic rings. The standard InChI is InChI=1S/C28H24FNO5/c1-17(2)27(34)23(32)28(35,20-15-9-10-16-21(20)29)25(18-11-5-3-6-12-18)22(31)26(25,27)24(33)30-19-13-7-4-8-14-19/h3-17,34-35H,1-2H3,(H,30,33). The van der Waals surface area contributed by atoms with Crippen LogP contribution in [0.1, 0.15) is 25.0 Å². The maximum atomic E-state index is 15.2. The van der Waals surface area contributed by atoms with E-state index in [-0.39, 0.29) is 5.56 Å². The van der Waals surface area contributed by atoms with Crippen molar-refractivity contribution in [3.05, 3.63) is 102 Å². The lowest BCUT2D eigenvalue weighted by molar-refractivity contribution is -0.166. The number of fused-ring (bicyclic) bond motifs is 1. The third-order valence-electron chi connectivity index (χ3n) is 7.65. The summed E-state index contributed by atoms with van der Waals surface area (Å²) < 4.78 is 15.2. The number of Topliss-reactive ketones (excluding diaryl/α,β-unsaturated/α-hetero) is 2. The molecule has 3 aromatic carbocycles. The Bertz CT molecular complexity index is 1360. The lowest BCUT2D eigenvalue weighted by Crippen LogP contribution is -2.58. The first-order chi connectivity index (χ1) is 16.6. The van der Waals surface area contributed by atoms with Crippen LogP contribution in [-0.4, -0.2) is 33.3 Å². The first-order valence-electron chi connectivity index (χ1n) is 11.3. The Morgan fingerprint density at radius 1 is 0.829 bits per heavy atom. The number of benzene rings is 3. The van der Waals surface area contributed by atoms with Crippen LogP contribution in [0.25, 0.3) is 0 Å². The van der Waals surface area contributed by atoms with Gasteiger partial charge in [-0.05, 0) is 29.7 Å². The average molecular weight is 474 g/mol. The molecule has 0 saturated heterocycles. The molecular formula is C28H24FNO5. The predicted octanol–water partition coefficient (Wildman–Crippen LogP) is 3.13.